The number of carboxylic acid groups (broad SMARTS) is 1. The van der Waals surface area contributed by atoms with Gasteiger partial charge in [-0.1, -0.05) is 12.1 Å². The summed E-state index contributed by atoms with van der Waals surface area (Å²) in [6.07, 6.45) is 5.41. The number of ether oxygens (including phenoxy) is 1. The highest BCUT2D eigenvalue weighted by Gasteiger charge is 2.22. The van der Waals surface area contributed by atoms with Gasteiger partial charge in [-0.3, -0.25) is 4.79 Å². The molecule has 1 unspecified atom stereocenters. The van der Waals surface area contributed by atoms with E-state index >= 15 is 0 Å². The van der Waals surface area contributed by atoms with Crippen molar-refractivity contribution in [3.8, 4) is 5.75 Å². The normalized spacial score (nSPS) is 16.9. The predicted octanol–water partition coefficient (Wildman–Crippen LogP) is 3.49. The Morgan fingerprint density at radius 2 is 2.05 bits per heavy atom. The minimum Gasteiger partial charge on any atom is -0.490 e. The first-order chi connectivity index (χ1) is 9.99. The van der Waals surface area contributed by atoms with E-state index < -0.39 is 5.97 Å². The second-order valence-electron chi connectivity index (χ2n) is 5.99. The first-order valence-corrected chi connectivity index (χ1v) is 7.73. The Bertz CT molecular complexity index is 507. The third kappa shape index (κ3) is 3.97. The van der Waals surface area contributed by atoms with Crippen LogP contribution in [0.15, 0.2) is 12.1 Å². The molecule has 4 heteroatoms. The summed E-state index contributed by atoms with van der Waals surface area (Å²) in [5.41, 5.74) is 9.42. The van der Waals surface area contributed by atoms with Crippen LogP contribution in [0, 0.1) is 13.8 Å². The van der Waals surface area contributed by atoms with Crippen LogP contribution in [0.2, 0.25) is 0 Å². The van der Waals surface area contributed by atoms with Crippen molar-refractivity contribution < 1.29 is 14.6 Å². The summed E-state index contributed by atoms with van der Waals surface area (Å²) in [6, 6.07) is 3.73. The molecule has 1 aromatic carbocycles. The van der Waals surface area contributed by atoms with E-state index in [1.807, 2.05) is 19.1 Å². The number of aryl methyl sites for hydroxylation is 1. The highest BCUT2D eigenvalue weighted by molar-refractivity contribution is 5.66. The van der Waals surface area contributed by atoms with Gasteiger partial charge in [0, 0.05) is 18.0 Å². The average molecular weight is 291 g/mol. The smallest absolute Gasteiger partial charge is 0.303 e. The van der Waals surface area contributed by atoms with Crippen molar-refractivity contribution in [1.82, 2.24) is 0 Å². The quantitative estimate of drug-likeness (QED) is 0.841. The minimum atomic E-state index is -0.812. The number of aliphatic carboxylic acids is 1. The van der Waals surface area contributed by atoms with Gasteiger partial charge in [-0.25, -0.2) is 0 Å². The SMILES string of the molecule is Cc1ccc(C(N)CCC(=O)O)c(OC2CCCC2)c1C. The third-order valence-corrected chi connectivity index (χ3v) is 4.36. The molecular formula is C17H25NO3. The first-order valence-electron chi connectivity index (χ1n) is 7.73. The van der Waals surface area contributed by atoms with E-state index in [1.54, 1.807) is 0 Å². The van der Waals surface area contributed by atoms with Gasteiger partial charge in [0.2, 0.25) is 0 Å². The Hall–Kier alpha value is -1.55. The maximum atomic E-state index is 10.7. The van der Waals surface area contributed by atoms with E-state index in [0.717, 1.165) is 29.7 Å². The van der Waals surface area contributed by atoms with Crippen molar-refractivity contribution in [3.63, 3.8) is 0 Å². The fourth-order valence-corrected chi connectivity index (χ4v) is 2.87. The molecule has 0 spiro atoms. The highest BCUT2D eigenvalue weighted by atomic mass is 16.5. The molecule has 4 nitrogen and oxygen atoms in total. The lowest BCUT2D eigenvalue weighted by atomic mass is 9.96. The van der Waals surface area contributed by atoms with Gasteiger partial charge < -0.3 is 15.6 Å². The maximum Gasteiger partial charge on any atom is 0.303 e. The first kappa shape index (κ1) is 15.8. The lowest BCUT2D eigenvalue weighted by Crippen LogP contribution is -2.18. The van der Waals surface area contributed by atoms with Crippen molar-refractivity contribution in [2.45, 2.75) is 64.5 Å². The van der Waals surface area contributed by atoms with Gasteiger partial charge in [0.25, 0.3) is 0 Å². The van der Waals surface area contributed by atoms with Crippen LogP contribution < -0.4 is 10.5 Å². The molecule has 2 rings (SSSR count). The van der Waals surface area contributed by atoms with Crippen LogP contribution in [-0.2, 0) is 4.79 Å². The van der Waals surface area contributed by atoms with Gasteiger partial charge in [-0.2, -0.15) is 0 Å². The molecule has 0 aliphatic heterocycles. The van der Waals surface area contributed by atoms with Crippen LogP contribution in [0.3, 0.4) is 0 Å². The zero-order chi connectivity index (χ0) is 15.4. The summed E-state index contributed by atoms with van der Waals surface area (Å²) in [6.45, 7) is 4.11. The number of hydrogen-bond acceptors (Lipinski definition) is 3. The van der Waals surface area contributed by atoms with Crippen molar-refractivity contribution in [2.75, 3.05) is 0 Å². The molecule has 0 bridgehead atoms. The van der Waals surface area contributed by atoms with Gasteiger partial charge in [-0.15, -0.1) is 0 Å². The second kappa shape index (κ2) is 6.94. The van der Waals surface area contributed by atoms with Crippen LogP contribution in [0.1, 0.15) is 61.3 Å². The average Bonchev–Trinajstić information content (AvgIpc) is 2.94. The van der Waals surface area contributed by atoms with Gasteiger partial charge in [0.05, 0.1) is 6.10 Å². The largest absolute Gasteiger partial charge is 0.490 e. The molecule has 0 amide bonds. The number of benzene rings is 1. The molecule has 0 radical (unpaired) electrons. The molecule has 0 heterocycles. The standard InChI is InChI=1S/C17H25NO3/c1-11-7-8-14(15(18)9-10-16(19)20)17(12(11)2)21-13-5-3-4-6-13/h7-8,13,15H,3-6,9-10,18H2,1-2H3,(H,19,20). The monoisotopic (exact) mass is 291 g/mol. The van der Waals surface area contributed by atoms with Crippen molar-refractivity contribution in [1.29, 1.82) is 0 Å². The fraction of sp³-hybridized carbons (Fsp3) is 0.588. The van der Waals surface area contributed by atoms with E-state index in [-0.39, 0.29) is 18.6 Å². The van der Waals surface area contributed by atoms with Gasteiger partial charge in [0.15, 0.2) is 0 Å². The van der Waals surface area contributed by atoms with Gasteiger partial charge in [-0.05, 0) is 57.1 Å². The molecule has 1 aliphatic rings. The number of carboxylic acids is 1. The Balaban J connectivity index is 2.22. The summed E-state index contributed by atoms with van der Waals surface area (Å²) in [7, 11) is 0. The minimum absolute atomic E-state index is 0.0803. The Morgan fingerprint density at radius 1 is 1.38 bits per heavy atom. The van der Waals surface area contributed by atoms with Gasteiger partial charge >= 0.3 is 5.97 Å². The molecule has 1 atom stereocenters. The summed E-state index contributed by atoms with van der Waals surface area (Å²) in [5, 5.41) is 8.82. The van der Waals surface area contributed by atoms with Gasteiger partial charge in [0.1, 0.15) is 5.75 Å². The van der Waals surface area contributed by atoms with Crippen LogP contribution in [-0.4, -0.2) is 17.2 Å². The molecular weight excluding hydrogens is 266 g/mol. The number of nitrogens with two attached hydrogens (primary N) is 1. The van der Waals surface area contributed by atoms with E-state index in [0.29, 0.717) is 6.42 Å². The fourth-order valence-electron chi connectivity index (χ4n) is 2.87. The molecule has 3 N–H and O–H groups in total. The molecule has 1 fully saturated rings. The number of rotatable bonds is 6. The van der Waals surface area contributed by atoms with Crippen molar-refractivity contribution in [2.24, 2.45) is 5.73 Å². The van der Waals surface area contributed by atoms with E-state index in [4.69, 9.17) is 15.6 Å². The Kier molecular flexibility index (Phi) is 5.23. The summed E-state index contributed by atoms with van der Waals surface area (Å²) in [5.74, 6) is 0.0623. The van der Waals surface area contributed by atoms with E-state index in [2.05, 4.69) is 6.92 Å². The van der Waals surface area contributed by atoms with Crippen LogP contribution >= 0.6 is 0 Å². The highest BCUT2D eigenvalue weighted by Crippen LogP contribution is 2.35. The molecule has 116 valence electrons. The van der Waals surface area contributed by atoms with Crippen LogP contribution in [0.4, 0.5) is 0 Å². The summed E-state index contributed by atoms with van der Waals surface area (Å²) in [4.78, 5) is 10.7. The van der Waals surface area contributed by atoms with Crippen LogP contribution in [0.25, 0.3) is 0 Å². The lowest BCUT2D eigenvalue weighted by Gasteiger charge is -2.23. The molecule has 21 heavy (non-hydrogen) atoms. The zero-order valence-electron chi connectivity index (χ0n) is 12.9. The second-order valence-corrected chi connectivity index (χ2v) is 5.99. The summed E-state index contributed by atoms with van der Waals surface area (Å²) >= 11 is 0. The number of carbonyl (C=O) groups is 1. The summed E-state index contributed by atoms with van der Waals surface area (Å²) < 4.78 is 6.22. The predicted molar refractivity (Wildman–Crippen MR) is 82.6 cm³/mol. The molecule has 0 aromatic heterocycles. The molecule has 1 saturated carbocycles. The topological polar surface area (TPSA) is 72.6 Å². The molecule has 1 aromatic rings. The van der Waals surface area contributed by atoms with Crippen molar-refractivity contribution in [3.05, 3.63) is 28.8 Å². The Morgan fingerprint density at radius 3 is 2.67 bits per heavy atom. The molecule has 1 aliphatic carbocycles. The van der Waals surface area contributed by atoms with Crippen LogP contribution in [0.5, 0.6) is 5.75 Å². The van der Waals surface area contributed by atoms with Crippen molar-refractivity contribution >= 4 is 5.97 Å². The zero-order valence-corrected chi connectivity index (χ0v) is 12.9. The lowest BCUT2D eigenvalue weighted by molar-refractivity contribution is -0.137. The number of hydrogen-bond donors (Lipinski definition) is 2. The maximum absolute atomic E-state index is 10.7. The third-order valence-electron chi connectivity index (χ3n) is 4.36. The van der Waals surface area contributed by atoms with E-state index in [1.165, 1.54) is 18.4 Å². The molecule has 0 saturated heterocycles. The Labute approximate surface area is 126 Å². The van der Waals surface area contributed by atoms with E-state index in [9.17, 15) is 4.79 Å².